The molecule has 5 rings (SSSR count). The molecule has 1 aromatic heterocycles. The molecule has 1 amide bonds. The van der Waals surface area contributed by atoms with Crippen molar-refractivity contribution >= 4 is 16.8 Å². The average Bonchev–Trinajstić information content (AvgIpc) is 3.30. The Morgan fingerprint density at radius 3 is 2.83 bits per heavy atom. The van der Waals surface area contributed by atoms with E-state index in [4.69, 9.17) is 9.47 Å². The van der Waals surface area contributed by atoms with Gasteiger partial charge in [0.05, 0.1) is 29.8 Å². The largest absolute Gasteiger partial charge is 0.491 e. The van der Waals surface area contributed by atoms with Crippen LogP contribution in [0.2, 0.25) is 0 Å². The van der Waals surface area contributed by atoms with Crippen molar-refractivity contribution in [1.82, 2.24) is 10.3 Å². The van der Waals surface area contributed by atoms with E-state index in [2.05, 4.69) is 10.3 Å². The van der Waals surface area contributed by atoms with Gasteiger partial charge in [-0.25, -0.2) is 0 Å². The Hall–Kier alpha value is -3.13. The molecule has 0 aliphatic carbocycles. The third-order valence-corrected chi connectivity index (χ3v) is 5.58. The van der Waals surface area contributed by atoms with Crippen LogP contribution in [-0.4, -0.2) is 17.5 Å². The number of rotatable bonds is 2. The second-order valence-electron chi connectivity index (χ2n) is 7.47. The molecule has 30 heavy (non-hydrogen) atoms. The van der Waals surface area contributed by atoms with Gasteiger partial charge in [-0.2, -0.15) is 13.2 Å². The summed E-state index contributed by atoms with van der Waals surface area (Å²) in [5, 5.41) is 3.72. The molecule has 0 radical (unpaired) electrons. The van der Waals surface area contributed by atoms with Gasteiger partial charge in [0.25, 0.3) is 5.91 Å². The summed E-state index contributed by atoms with van der Waals surface area (Å²) in [5.41, 5.74) is 3.01. The fraction of sp³-hybridized carbons (Fsp3) is 0.273. The number of ether oxygens (including phenoxy) is 2. The Kier molecular flexibility index (Phi) is 4.21. The highest BCUT2D eigenvalue weighted by Crippen LogP contribution is 2.39. The van der Waals surface area contributed by atoms with Crippen molar-refractivity contribution in [2.45, 2.75) is 31.9 Å². The monoisotopic (exact) mass is 414 g/mol. The normalized spacial score (nSPS) is 20.0. The molecule has 0 spiro atoms. The van der Waals surface area contributed by atoms with Crippen LogP contribution in [0.5, 0.6) is 5.75 Å². The lowest BCUT2D eigenvalue weighted by atomic mass is 9.99. The minimum atomic E-state index is -4.44. The number of fused-ring (bicyclic) bond motifs is 4. The summed E-state index contributed by atoms with van der Waals surface area (Å²) < 4.78 is 49.7. The lowest BCUT2D eigenvalue weighted by Crippen LogP contribution is -2.29. The Morgan fingerprint density at radius 1 is 1.20 bits per heavy atom. The van der Waals surface area contributed by atoms with E-state index in [1.54, 1.807) is 24.4 Å². The second kappa shape index (κ2) is 6.70. The molecule has 154 valence electrons. The predicted octanol–water partition coefficient (Wildman–Crippen LogP) is 4.71. The number of carbonyl (C=O) groups excluding carboxylic acids is 1. The van der Waals surface area contributed by atoms with Gasteiger partial charge in [0.1, 0.15) is 12.4 Å². The zero-order valence-electron chi connectivity index (χ0n) is 15.9. The van der Waals surface area contributed by atoms with Crippen LogP contribution in [0.25, 0.3) is 10.9 Å². The summed E-state index contributed by atoms with van der Waals surface area (Å²) in [6, 6.07) is 8.04. The standard InChI is InChI=1S/C22H17F3N2O3/c1-11-20-13(9-29-11)8-26-17-5-2-12(6-16(17)20)21(28)27-18-10-30-19-7-14(22(23,24)25)3-4-15(18)19/h2-8,11,18H,9-10H2,1H3,(H,27,28)/t11?,18-/m0/s1. The minimum Gasteiger partial charge on any atom is -0.491 e. The maximum absolute atomic E-state index is 12.9. The second-order valence-corrected chi connectivity index (χ2v) is 7.47. The van der Waals surface area contributed by atoms with Crippen molar-refractivity contribution < 1.29 is 27.4 Å². The first-order valence-electron chi connectivity index (χ1n) is 9.49. The van der Waals surface area contributed by atoms with Crippen molar-refractivity contribution in [3.05, 3.63) is 70.4 Å². The fourth-order valence-electron chi connectivity index (χ4n) is 4.04. The highest BCUT2D eigenvalue weighted by molar-refractivity contribution is 5.99. The van der Waals surface area contributed by atoms with Crippen molar-refractivity contribution in [2.75, 3.05) is 6.61 Å². The van der Waals surface area contributed by atoms with E-state index in [9.17, 15) is 18.0 Å². The van der Waals surface area contributed by atoms with Gasteiger partial charge in [-0.15, -0.1) is 0 Å². The Bertz CT molecular complexity index is 1180. The van der Waals surface area contributed by atoms with Crippen LogP contribution in [0.15, 0.2) is 42.6 Å². The fourth-order valence-corrected chi connectivity index (χ4v) is 4.04. The van der Waals surface area contributed by atoms with Crippen molar-refractivity contribution in [2.24, 2.45) is 0 Å². The van der Waals surface area contributed by atoms with Gasteiger partial charge in [0.15, 0.2) is 0 Å². The number of hydrogen-bond acceptors (Lipinski definition) is 4. The van der Waals surface area contributed by atoms with Gasteiger partial charge in [-0.3, -0.25) is 9.78 Å². The number of nitrogens with zero attached hydrogens (tertiary/aromatic N) is 1. The van der Waals surface area contributed by atoms with Crippen molar-refractivity contribution in [1.29, 1.82) is 0 Å². The molecule has 1 N–H and O–H groups in total. The zero-order chi connectivity index (χ0) is 21.0. The third-order valence-electron chi connectivity index (χ3n) is 5.58. The maximum atomic E-state index is 12.9. The van der Waals surface area contributed by atoms with Crippen molar-refractivity contribution in [3.8, 4) is 5.75 Å². The zero-order valence-corrected chi connectivity index (χ0v) is 15.9. The van der Waals surface area contributed by atoms with E-state index in [0.29, 0.717) is 17.7 Å². The number of pyridine rings is 1. The third kappa shape index (κ3) is 3.08. The number of halogens is 3. The molecular weight excluding hydrogens is 397 g/mol. The Morgan fingerprint density at radius 2 is 2.03 bits per heavy atom. The minimum absolute atomic E-state index is 0.0811. The lowest BCUT2D eigenvalue weighted by Gasteiger charge is -2.14. The van der Waals surface area contributed by atoms with Gasteiger partial charge in [0.2, 0.25) is 0 Å². The molecule has 0 bridgehead atoms. The van der Waals surface area contributed by atoms with E-state index < -0.39 is 17.8 Å². The van der Waals surface area contributed by atoms with Crippen LogP contribution in [-0.2, 0) is 17.5 Å². The number of amides is 1. The summed E-state index contributed by atoms with van der Waals surface area (Å²) in [5.74, 6) is -0.191. The predicted molar refractivity (Wildman–Crippen MR) is 102 cm³/mol. The van der Waals surface area contributed by atoms with E-state index in [-0.39, 0.29) is 24.4 Å². The number of benzene rings is 2. The summed E-state index contributed by atoms with van der Waals surface area (Å²) in [4.78, 5) is 17.3. The van der Waals surface area contributed by atoms with Crippen LogP contribution in [0.4, 0.5) is 13.2 Å². The summed E-state index contributed by atoms with van der Waals surface area (Å²) in [6.07, 6.45) is -2.73. The molecule has 0 fully saturated rings. The van der Waals surface area contributed by atoms with Gasteiger partial charge < -0.3 is 14.8 Å². The van der Waals surface area contributed by atoms with Crippen LogP contribution < -0.4 is 10.1 Å². The first kappa shape index (κ1) is 18.9. The summed E-state index contributed by atoms with van der Waals surface area (Å²) in [6.45, 7) is 2.53. The summed E-state index contributed by atoms with van der Waals surface area (Å²) in [7, 11) is 0. The number of carbonyl (C=O) groups is 1. The first-order chi connectivity index (χ1) is 14.3. The molecule has 1 unspecified atom stereocenters. The van der Waals surface area contributed by atoms with Crippen LogP contribution in [0.1, 0.15) is 51.7 Å². The van der Waals surface area contributed by atoms with Gasteiger partial charge in [-0.1, -0.05) is 6.07 Å². The molecule has 2 aliphatic heterocycles. The first-order valence-corrected chi connectivity index (χ1v) is 9.49. The molecule has 3 aromatic rings. The van der Waals surface area contributed by atoms with Crippen molar-refractivity contribution in [3.63, 3.8) is 0 Å². The quantitative estimate of drug-likeness (QED) is 0.660. The molecule has 2 atom stereocenters. The highest BCUT2D eigenvalue weighted by Gasteiger charge is 2.34. The summed E-state index contributed by atoms with van der Waals surface area (Å²) >= 11 is 0. The Balaban J connectivity index is 1.42. The topological polar surface area (TPSA) is 60.5 Å². The van der Waals surface area contributed by atoms with Gasteiger partial charge in [0, 0.05) is 28.3 Å². The molecule has 3 heterocycles. The molecule has 5 nitrogen and oxygen atoms in total. The van der Waals surface area contributed by atoms with E-state index in [0.717, 1.165) is 34.2 Å². The molecule has 0 saturated heterocycles. The SMILES string of the molecule is CC1OCc2cnc3ccc(C(=O)N[C@H]4COc5cc(C(F)(F)F)ccc54)cc3c21. The lowest BCUT2D eigenvalue weighted by molar-refractivity contribution is -0.137. The number of alkyl halides is 3. The average molecular weight is 414 g/mol. The van der Waals surface area contributed by atoms with Crippen LogP contribution in [0.3, 0.4) is 0 Å². The molecule has 8 heteroatoms. The van der Waals surface area contributed by atoms with Crippen LogP contribution >= 0.6 is 0 Å². The van der Waals surface area contributed by atoms with E-state index >= 15 is 0 Å². The van der Waals surface area contributed by atoms with E-state index in [1.165, 1.54) is 6.07 Å². The maximum Gasteiger partial charge on any atom is 0.416 e. The molecule has 0 saturated carbocycles. The number of nitrogens with one attached hydrogen (secondary N) is 1. The molecule has 2 aromatic carbocycles. The van der Waals surface area contributed by atoms with Gasteiger partial charge >= 0.3 is 6.18 Å². The molecule has 2 aliphatic rings. The molecular formula is C22H17F3N2O3. The van der Waals surface area contributed by atoms with Crippen LogP contribution in [0, 0.1) is 0 Å². The van der Waals surface area contributed by atoms with Gasteiger partial charge in [-0.05, 0) is 42.8 Å². The van der Waals surface area contributed by atoms with E-state index in [1.807, 2.05) is 6.92 Å². The number of hydrogen-bond donors (Lipinski definition) is 1. The smallest absolute Gasteiger partial charge is 0.416 e. The highest BCUT2D eigenvalue weighted by atomic mass is 19.4. The Labute approximate surface area is 169 Å². The number of aromatic nitrogens is 1.